The summed E-state index contributed by atoms with van der Waals surface area (Å²) in [5.74, 6) is -1.21. The Labute approximate surface area is 261 Å². The zero-order valence-corrected chi connectivity index (χ0v) is 27.4. The molecule has 0 aromatic heterocycles. The van der Waals surface area contributed by atoms with Gasteiger partial charge in [0.15, 0.2) is 0 Å². The van der Waals surface area contributed by atoms with Crippen LogP contribution in [0.1, 0.15) is 119 Å². The van der Waals surface area contributed by atoms with E-state index in [1.54, 1.807) is 14.0 Å². The third-order valence-corrected chi connectivity index (χ3v) is 8.06. The molecule has 10 nitrogen and oxygen atoms in total. The Morgan fingerprint density at radius 1 is 0.977 bits per heavy atom. The number of allylic oxidation sites excluding steroid dienone is 2. The summed E-state index contributed by atoms with van der Waals surface area (Å²) in [6.45, 7) is 9.31. The molecule has 0 saturated heterocycles. The predicted octanol–water partition coefficient (Wildman–Crippen LogP) is 6.86. The summed E-state index contributed by atoms with van der Waals surface area (Å²) < 4.78 is 27.7. The Bertz CT molecular complexity index is 1190. The highest BCUT2D eigenvalue weighted by atomic mass is 16.7. The van der Waals surface area contributed by atoms with Gasteiger partial charge < -0.3 is 28.8 Å². The van der Waals surface area contributed by atoms with Crippen molar-refractivity contribution in [2.75, 3.05) is 14.2 Å². The van der Waals surface area contributed by atoms with Crippen LogP contribution in [0.25, 0.3) is 0 Å². The number of hydrogen-bond donors (Lipinski definition) is 1. The van der Waals surface area contributed by atoms with Crippen LogP contribution in [0, 0.1) is 18.8 Å². The van der Waals surface area contributed by atoms with Gasteiger partial charge >= 0.3 is 23.9 Å². The standard InChI is InChI=1S/C34H50O10/c1-21(16-18-29(37)40-6)15-17-26-31(41-7)24(4)27-20-42-34(39)30(27)32(26)43-25(5)44-33(38)23(3)14-12-10-8-9-11-13-22(2)19-28(35)36/h15,22-23,25H,8-14,16-20H2,1-7H3,(H,35,36). The minimum Gasteiger partial charge on any atom is -0.496 e. The van der Waals surface area contributed by atoms with E-state index in [2.05, 4.69) is 0 Å². The third-order valence-electron chi connectivity index (χ3n) is 8.06. The van der Waals surface area contributed by atoms with Crippen LogP contribution in [-0.4, -0.2) is 49.5 Å². The van der Waals surface area contributed by atoms with Crippen molar-refractivity contribution >= 4 is 23.9 Å². The van der Waals surface area contributed by atoms with Crippen molar-refractivity contribution in [1.82, 2.24) is 0 Å². The van der Waals surface area contributed by atoms with Gasteiger partial charge in [-0.3, -0.25) is 14.4 Å². The van der Waals surface area contributed by atoms with Crippen molar-refractivity contribution in [3.8, 4) is 11.5 Å². The molecule has 0 fully saturated rings. The average molecular weight is 619 g/mol. The van der Waals surface area contributed by atoms with E-state index in [-0.39, 0.29) is 49.0 Å². The molecule has 3 unspecified atom stereocenters. The number of hydrogen-bond acceptors (Lipinski definition) is 9. The number of carbonyl (C=O) groups excluding carboxylic acids is 3. The number of esters is 3. The minimum absolute atomic E-state index is 0.105. The lowest BCUT2D eigenvalue weighted by Gasteiger charge is -2.23. The SMILES string of the molecule is COC(=O)CCC(C)=CCc1c(OC)c(C)c2c(c1OC(C)OC(=O)C(C)CCCCCCCC(C)CC(=O)O)C(=O)OC2. The number of carboxylic acids is 1. The molecule has 10 heteroatoms. The number of ether oxygens (including phenoxy) is 5. The molecule has 3 atom stereocenters. The summed E-state index contributed by atoms with van der Waals surface area (Å²) in [6.07, 6.45) is 8.90. The van der Waals surface area contributed by atoms with E-state index in [0.29, 0.717) is 41.7 Å². The molecule has 0 amide bonds. The van der Waals surface area contributed by atoms with Crippen molar-refractivity contribution in [1.29, 1.82) is 0 Å². The second-order valence-corrected chi connectivity index (χ2v) is 11.8. The van der Waals surface area contributed by atoms with E-state index in [4.69, 9.17) is 28.8 Å². The first-order valence-corrected chi connectivity index (χ1v) is 15.6. The monoisotopic (exact) mass is 618 g/mol. The van der Waals surface area contributed by atoms with Crippen molar-refractivity contribution < 1.29 is 48.0 Å². The predicted molar refractivity (Wildman–Crippen MR) is 165 cm³/mol. The highest BCUT2D eigenvalue weighted by molar-refractivity contribution is 5.98. The van der Waals surface area contributed by atoms with Gasteiger partial charge in [0.2, 0.25) is 6.29 Å². The minimum atomic E-state index is -0.967. The van der Waals surface area contributed by atoms with Gasteiger partial charge in [-0.25, -0.2) is 4.79 Å². The zero-order chi connectivity index (χ0) is 32.8. The number of aliphatic carboxylic acids is 1. The van der Waals surface area contributed by atoms with Gasteiger partial charge in [-0.2, -0.15) is 0 Å². The van der Waals surface area contributed by atoms with Crippen LogP contribution >= 0.6 is 0 Å². The van der Waals surface area contributed by atoms with Gasteiger partial charge in [-0.05, 0) is 44.6 Å². The Morgan fingerprint density at radius 2 is 1.64 bits per heavy atom. The van der Waals surface area contributed by atoms with Crippen LogP contribution in [0.5, 0.6) is 11.5 Å². The molecule has 1 aromatic rings. The van der Waals surface area contributed by atoms with Crippen LogP contribution in [0.15, 0.2) is 11.6 Å². The first-order valence-electron chi connectivity index (χ1n) is 15.6. The number of rotatable bonds is 20. The number of carboxylic acid groups (broad SMARTS) is 1. The molecule has 1 N–H and O–H groups in total. The van der Waals surface area contributed by atoms with Crippen LogP contribution in [-0.2, 0) is 41.6 Å². The molecule has 0 aliphatic carbocycles. The van der Waals surface area contributed by atoms with E-state index in [1.165, 1.54) is 7.11 Å². The molecule has 0 spiro atoms. The zero-order valence-electron chi connectivity index (χ0n) is 27.4. The summed E-state index contributed by atoms with van der Waals surface area (Å²) in [4.78, 5) is 48.0. The molecule has 246 valence electrons. The highest BCUT2D eigenvalue weighted by Crippen LogP contribution is 2.43. The fourth-order valence-corrected chi connectivity index (χ4v) is 5.38. The lowest BCUT2D eigenvalue weighted by Crippen LogP contribution is -2.26. The number of carbonyl (C=O) groups is 4. The molecule has 2 rings (SSSR count). The molecule has 1 aromatic carbocycles. The summed E-state index contributed by atoms with van der Waals surface area (Å²) in [5, 5.41) is 8.87. The normalized spacial score (nSPS) is 14.7. The maximum absolute atomic E-state index is 12.9. The van der Waals surface area contributed by atoms with Crippen LogP contribution < -0.4 is 9.47 Å². The molecular formula is C34H50O10. The van der Waals surface area contributed by atoms with Gasteiger partial charge in [0.05, 0.1) is 20.1 Å². The van der Waals surface area contributed by atoms with Gasteiger partial charge in [0, 0.05) is 30.9 Å². The Kier molecular flexibility index (Phi) is 15.2. The van der Waals surface area contributed by atoms with Gasteiger partial charge in [-0.1, -0.05) is 64.0 Å². The molecule has 0 bridgehead atoms. The summed E-state index contributed by atoms with van der Waals surface area (Å²) in [6, 6.07) is 0. The van der Waals surface area contributed by atoms with Gasteiger partial charge in [-0.15, -0.1) is 0 Å². The number of unbranched alkanes of at least 4 members (excludes halogenated alkanes) is 4. The fraction of sp³-hybridized carbons (Fsp3) is 0.647. The lowest BCUT2D eigenvalue weighted by molar-refractivity contribution is -0.166. The quantitative estimate of drug-likeness (QED) is 0.0543. The van der Waals surface area contributed by atoms with Crippen LogP contribution in [0.3, 0.4) is 0 Å². The van der Waals surface area contributed by atoms with Gasteiger partial charge in [0.25, 0.3) is 0 Å². The fourth-order valence-electron chi connectivity index (χ4n) is 5.38. The number of benzene rings is 1. The Balaban J connectivity index is 2.03. The van der Waals surface area contributed by atoms with Crippen LogP contribution in [0.4, 0.5) is 0 Å². The average Bonchev–Trinajstić information content (AvgIpc) is 3.36. The number of fused-ring (bicyclic) bond motifs is 1. The van der Waals surface area contributed by atoms with E-state index >= 15 is 0 Å². The molecule has 1 heterocycles. The molecule has 1 aliphatic heterocycles. The molecule has 0 saturated carbocycles. The van der Waals surface area contributed by atoms with E-state index in [9.17, 15) is 19.2 Å². The lowest BCUT2D eigenvalue weighted by atomic mass is 9.94. The smallest absolute Gasteiger partial charge is 0.342 e. The maximum Gasteiger partial charge on any atom is 0.342 e. The maximum atomic E-state index is 12.9. The first-order chi connectivity index (χ1) is 20.9. The second kappa shape index (κ2) is 18.3. The van der Waals surface area contributed by atoms with E-state index in [0.717, 1.165) is 49.7 Å². The summed E-state index contributed by atoms with van der Waals surface area (Å²) >= 11 is 0. The molecular weight excluding hydrogens is 568 g/mol. The Hall–Kier alpha value is -3.56. The second-order valence-electron chi connectivity index (χ2n) is 11.8. The van der Waals surface area contributed by atoms with Crippen molar-refractivity contribution in [3.63, 3.8) is 0 Å². The topological polar surface area (TPSA) is 135 Å². The summed E-state index contributed by atoms with van der Waals surface area (Å²) in [7, 11) is 2.91. The van der Waals surface area contributed by atoms with Crippen molar-refractivity contribution in [2.24, 2.45) is 11.8 Å². The number of methoxy groups -OCH3 is 2. The van der Waals surface area contributed by atoms with Crippen LogP contribution in [0.2, 0.25) is 0 Å². The largest absolute Gasteiger partial charge is 0.496 e. The van der Waals surface area contributed by atoms with E-state index in [1.807, 2.05) is 33.8 Å². The Morgan fingerprint density at radius 3 is 2.27 bits per heavy atom. The number of cyclic esters (lactones) is 1. The van der Waals surface area contributed by atoms with Gasteiger partial charge in [0.1, 0.15) is 23.7 Å². The van der Waals surface area contributed by atoms with Crippen molar-refractivity contribution in [2.45, 2.75) is 118 Å². The molecule has 1 aliphatic rings. The first kappa shape index (κ1) is 36.6. The summed E-state index contributed by atoms with van der Waals surface area (Å²) in [5.41, 5.74) is 3.37. The van der Waals surface area contributed by atoms with Crippen molar-refractivity contribution in [3.05, 3.63) is 33.9 Å². The highest BCUT2D eigenvalue weighted by Gasteiger charge is 2.34. The third kappa shape index (κ3) is 11.2. The van der Waals surface area contributed by atoms with E-state index < -0.39 is 18.2 Å². The molecule has 44 heavy (non-hydrogen) atoms. The molecule has 0 radical (unpaired) electrons.